The van der Waals surface area contributed by atoms with Gasteiger partial charge in [0.2, 0.25) is 5.91 Å². The number of hydrogen-bond donors (Lipinski definition) is 2. The van der Waals surface area contributed by atoms with E-state index in [4.69, 9.17) is 11.6 Å². The molecular weight excluding hydrogens is 449 g/mol. The first-order valence-electron chi connectivity index (χ1n) is 11.1. The molecule has 0 saturated carbocycles. The van der Waals surface area contributed by atoms with Crippen molar-refractivity contribution in [3.05, 3.63) is 94.9 Å². The molecule has 0 fully saturated rings. The predicted octanol–water partition coefficient (Wildman–Crippen LogP) is 7.24. The van der Waals surface area contributed by atoms with Crippen molar-refractivity contribution in [3.63, 3.8) is 0 Å². The highest BCUT2D eigenvalue weighted by Crippen LogP contribution is 2.35. The Morgan fingerprint density at radius 2 is 1.71 bits per heavy atom. The summed E-state index contributed by atoms with van der Waals surface area (Å²) in [6.45, 7) is 7.37. The molecule has 1 heterocycles. The number of nitrogens with one attached hydrogen (secondary N) is 2. The molecule has 2 N–H and O–H groups in total. The summed E-state index contributed by atoms with van der Waals surface area (Å²) in [5, 5.41) is 7.69. The van der Waals surface area contributed by atoms with E-state index in [0.717, 1.165) is 27.6 Å². The fourth-order valence-corrected chi connectivity index (χ4v) is 4.41. The molecule has 6 heteroatoms. The highest BCUT2D eigenvalue weighted by atomic mass is 35.5. The molecule has 0 aliphatic carbocycles. The van der Waals surface area contributed by atoms with Crippen molar-refractivity contribution in [2.24, 2.45) is 0 Å². The van der Waals surface area contributed by atoms with Crippen molar-refractivity contribution >= 4 is 34.1 Å². The molecule has 1 unspecified atom stereocenters. The van der Waals surface area contributed by atoms with Crippen molar-refractivity contribution in [2.45, 2.75) is 39.3 Å². The van der Waals surface area contributed by atoms with Gasteiger partial charge in [0.05, 0.1) is 27.8 Å². The average Bonchev–Trinajstić information content (AvgIpc) is 2.80. The van der Waals surface area contributed by atoms with Crippen molar-refractivity contribution in [2.75, 3.05) is 5.32 Å². The van der Waals surface area contributed by atoms with Gasteiger partial charge in [-0.2, -0.15) is 0 Å². The second-order valence-corrected chi connectivity index (χ2v) is 9.39. The number of amides is 1. The molecule has 1 amide bonds. The average molecular weight is 476 g/mol. The van der Waals surface area contributed by atoms with E-state index in [1.165, 1.54) is 13.0 Å². The second kappa shape index (κ2) is 9.43. The number of hydrogen-bond acceptors (Lipinski definition) is 3. The summed E-state index contributed by atoms with van der Waals surface area (Å²) in [7, 11) is 0. The zero-order chi connectivity index (χ0) is 24.5. The van der Waals surface area contributed by atoms with Crippen LogP contribution in [0, 0.1) is 5.82 Å². The topological polar surface area (TPSA) is 54.0 Å². The minimum atomic E-state index is -0.467. The Labute approximate surface area is 204 Å². The lowest BCUT2D eigenvalue weighted by Gasteiger charge is -2.26. The Balaban J connectivity index is 1.70. The third kappa shape index (κ3) is 4.90. The van der Waals surface area contributed by atoms with Gasteiger partial charge in [-0.25, -0.2) is 4.39 Å². The Morgan fingerprint density at radius 3 is 2.38 bits per heavy atom. The van der Waals surface area contributed by atoms with Crippen LogP contribution >= 0.6 is 11.6 Å². The van der Waals surface area contributed by atoms with E-state index >= 15 is 0 Å². The first-order valence-corrected chi connectivity index (χ1v) is 11.5. The molecule has 0 aliphatic heterocycles. The number of nitrogens with zero attached hydrogens (tertiary/aromatic N) is 1. The number of anilines is 1. The number of fused-ring (bicyclic) bond motifs is 1. The molecule has 1 aromatic heterocycles. The molecule has 0 bridgehead atoms. The van der Waals surface area contributed by atoms with E-state index in [9.17, 15) is 9.18 Å². The first-order chi connectivity index (χ1) is 16.2. The molecule has 34 heavy (non-hydrogen) atoms. The summed E-state index contributed by atoms with van der Waals surface area (Å²) in [5.74, 6) is -0.336. The first kappa shape index (κ1) is 23.7. The van der Waals surface area contributed by atoms with Crippen LogP contribution in [0.15, 0.2) is 72.9 Å². The summed E-state index contributed by atoms with van der Waals surface area (Å²) < 4.78 is 14.3. The van der Waals surface area contributed by atoms with E-state index in [0.29, 0.717) is 16.3 Å². The van der Waals surface area contributed by atoms with Crippen molar-refractivity contribution in [1.82, 2.24) is 10.3 Å². The van der Waals surface area contributed by atoms with Gasteiger partial charge in [-0.3, -0.25) is 9.78 Å². The Hall–Kier alpha value is -3.44. The normalized spacial score (nSPS) is 12.4. The van der Waals surface area contributed by atoms with Crippen LogP contribution in [0.2, 0.25) is 5.02 Å². The summed E-state index contributed by atoms with van der Waals surface area (Å²) in [6, 6.07) is 20.5. The maximum Gasteiger partial charge on any atom is 0.217 e. The zero-order valence-corrected chi connectivity index (χ0v) is 20.4. The van der Waals surface area contributed by atoms with Crippen LogP contribution in [-0.4, -0.2) is 10.9 Å². The van der Waals surface area contributed by atoms with Gasteiger partial charge in [0, 0.05) is 24.1 Å². The lowest BCUT2D eigenvalue weighted by molar-refractivity contribution is -0.120. The summed E-state index contributed by atoms with van der Waals surface area (Å²) in [6.07, 6.45) is 1.61. The van der Waals surface area contributed by atoms with Crippen molar-refractivity contribution in [1.29, 1.82) is 0 Å². The zero-order valence-electron chi connectivity index (χ0n) is 19.6. The number of pyridine rings is 1. The predicted molar refractivity (Wildman–Crippen MR) is 137 cm³/mol. The van der Waals surface area contributed by atoms with E-state index in [2.05, 4.69) is 15.6 Å². The van der Waals surface area contributed by atoms with Crippen LogP contribution in [0.4, 0.5) is 10.1 Å². The van der Waals surface area contributed by atoms with Crippen molar-refractivity contribution < 1.29 is 9.18 Å². The van der Waals surface area contributed by atoms with Gasteiger partial charge >= 0.3 is 0 Å². The fourth-order valence-electron chi connectivity index (χ4n) is 4.21. The van der Waals surface area contributed by atoms with Gasteiger partial charge in [0.15, 0.2) is 0 Å². The van der Waals surface area contributed by atoms with Gasteiger partial charge in [-0.15, -0.1) is 0 Å². The highest BCUT2D eigenvalue weighted by molar-refractivity contribution is 6.34. The molecular formula is C28H27ClFN3O. The van der Waals surface area contributed by atoms with Gasteiger partial charge in [0.25, 0.3) is 0 Å². The smallest absolute Gasteiger partial charge is 0.217 e. The van der Waals surface area contributed by atoms with Crippen LogP contribution in [-0.2, 0) is 10.3 Å². The number of carbonyl (C=O) groups excluding carboxylic acids is 1. The number of benzene rings is 3. The molecule has 0 aliphatic rings. The van der Waals surface area contributed by atoms with Gasteiger partial charge in [-0.05, 0) is 55.7 Å². The SMILES string of the molecule is CC(=O)NC(C)(C)c1ccc(-c2ccc3ncc(Cl)c(NC(C)c4ccccc4F)c3c2)cc1. The highest BCUT2D eigenvalue weighted by Gasteiger charge is 2.21. The minimum Gasteiger partial charge on any atom is -0.377 e. The van der Waals surface area contributed by atoms with E-state index in [1.54, 1.807) is 18.3 Å². The number of carbonyl (C=O) groups is 1. The van der Waals surface area contributed by atoms with Crippen LogP contribution in [0.1, 0.15) is 44.9 Å². The number of halogens is 2. The number of rotatable bonds is 6. The summed E-state index contributed by atoms with van der Waals surface area (Å²) in [5.41, 5.74) is 4.65. The third-order valence-electron chi connectivity index (χ3n) is 5.98. The molecule has 0 radical (unpaired) electrons. The Bertz CT molecular complexity index is 1350. The molecule has 4 rings (SSSR count). The molecule has 0 saturated heterocycles. The molecule has 174 valence electrons. The van der Waals surface area contributed by atoms with E-state index in [1.807, 2.05) is 69.3 Å². The van der Waals surface area contributed by atoms with Crippen molar-refractivity contribution in [3.8, 4) is 11.1 Å². The van der Waals surface area contributed by atoms with Gasteiger partial charge in [-0.1, -0.05) is 60.1 Å². The second-order valence-electron chi connectivity index (χ2n) is 8.98. The Kier molecular flexibility index (Phi) is 6.58. The summed E-state index contributed by atoms with van der Waals surface area (Å²) in [4.78, 5) is 16.0. The largest absolute Gasteiger partial charge is 0.377 e. The van der Waals surface area contributed by atoms with E-state index in [-0.39, 0.29) is 17.8 Å². The lowest BCUT2D eigenvalue weighted by Crippen LogP contribution is -2.39. The third-order valence-corrected chi connectivity index (χ3v) is 6.27. The van der Waals surface area contributed by atoms with Gasteiger partial charge in [0.1, 0.15) is 5.82 Å². The number of aromatic nitrogens is 1. The summed E-state index contributed by atoms with van der Waals surface area (Å²) >= 11 is 6.53. The molecule has 4 nitrogen and oxygen atoms in total. The molecule has 1 atom stereocenters. The monoisotopic (exact) mass is 475 g/mol. The molecule has 3 aromatic carbocycles. The molecule has 0 spiro atoms. The Morgan fingerprint density at radius 1 is 1.03 bits per heavy atom. The van der Waals surface area contributed by atoms with Gasteiger partial charge < -0.3 is 10.6 Å². The van der Waals surface area contributed by atoms with E-state index < -0.39 is 5.54 Å². The fraction of sp³-hybridized carbons (Fsp3) is 0.214. The van der Waals surface area contributed by atoms with Crippen LogP contribution in [0.5, 0.6) is 0 Å². The minimum absolute atomic E-state index is 0.0716. The maximum absolute atomic E-state index is 14.3. The maximum atomic E-state index is 14.3. The van der Waals surface area contributed by atoms with Crippen LogP contribution in [0.25, 0.3) is 22.0 Å². The standard InChI is InChI=1S/C28H27ClFN3O/c1-17(22-7-5-6-8-25(22)30)32-27-23-15-20(11-14-26(23)31-16-24(27)29)19-9-12-21(13-10-19)28(3,4)33-18(2)34/h5-17H,1-4H3,(H,31,32)(H,33,34). The van der Waals surface area contributed by atoms with Crippen LogP contribution in [0.3, 0.4) is 0 Å². The molecule has 4 aromatic rings. The lowest BCUT2D eigenvalue weighted by atomic mass is 9.92. The quantitative estimate of drug-likeness (QED) is 0.309. The van der Waals surface area contributed by atoms with Crippen LogP contribution < -0.4 is 10.6 Å².